The fourth-order valence-electron chi connectivity index (χ4n) is 4.36. The lowest BCUT2D eigenvalue weighted by atomic mass is 10.1. The van der Waals surface area contributed by atoms with Gasteiger partial charge in [0.2, 0.25) is 17.7 Å². The largest absolute Gasteiger partial charge is 0.497 e. The summed E-state index contributed by atoms with van der Waals surface area (Å²) in [6.45, 7) is 4.05. The van der Waals surface area contributed by atoms with Gasteiger partial charge in [0, 0.05) is 59.0 Å². The Morgan fingerprint density at radius 2 is 1.68 bits per heavy atom. The number of benzene rings is 2. The number of rotatable bonds is 11. The molecule has 0 N–H and O–H groups in total. The van der Waals surface area contributed by atoms with Gasteiger partial charge in [-0.3, -0.25) is 14.5 Å². The number of nitrogens with zero attached hydrogens (tertiary/aromatic N) is 5. The van der Waals surface area contributed by atoms with E-state index in [9.17, 15) is 9.59 Å². The highest BCUT2D eigenvalue weighted by atomic mass is 16.5. The molecule has 3 aromatic rings. The van der Waals surface area contributed by atoms with E-state index < -0.39 is 0 Å². The molecule has 1 aromatic heterocycles. The normalized spacial score (nSPS) is 13.9. The van der Waals surface area contributed by atoms with Crippen molar-refractivity contribution in [1.82, 2.24) is 24.8 Å². The second kappa shape index (κ2) is 13.0. The van der Waals surface area contributed by atoms with Crippen molar-refractivity contribution in [2.45, 2.75) is 38.8 Å². The first kappa shape index (κ1) is 26.3. The van der Waals surface area contributed by atoms with E-state index in [2.05, 4.69) is 15.0 Å². The van der Waals surface area contributed by atoms with Gasteiger partial charge < -0.3 is 19.1 Å². The van der Waals surface area contributed by atoms with Crippen molar-refractivity contribution in [3.63, 3.8) is 0 Å². The molecule has 1 aliphatic heterocycles. The van der Waals surface area contributed by atoms with Crippen molar-refractivity contribution in [3.8, 4) is 5.75 Å². The minimum Gasteiger partial charge on any atom is -0.497 e. The predicted octanol–water partition coefficient (Wildman–Crippen LogP) is 2.95. The predicted molar refractivity (Wildman–Crippen MR) is 139 cm³/mol. The molecule has 0 atom stereocenters. The summed E-state index contributed by atoms with van der Waals surface area (Å²) in [5.41, 5.74) is 2.22. The second-order valence-electron chi connectivity index (χ2n) is 9.34. The zero-order chi connectivity index (χ0) is 26.0. The Balaban J connectivity index is 1.15. The Kier molecular flexibility index (Phi) is 9.26. The smallest absolute Gasteiger partial charge is 0.227 e. The van der Waals surface area contributed by atoms with Crippen LogP contribution in [-0.4, -0.2) is 77.0 Å². The number of hydrogen-bond acceptors (Lipinski definition) is 7. The molecule has 1 aliphatic rings. The molecular formula is C28H35N5O4. The number of ether oxygens (including phenoxy) is 1. The fraction of sp³-hybridized carbons (Fsp3) is 0.429. The van der Waals surface area contributed by atoms with Gasteiger partial charge in [0.05, 0.1) is 13.7 Å². The number of hydrogen-bond donors (Lipinski definition) is 0. The van der Waals surface area contributed by atoms with Crippen LogP contribution < -0.4 is 4.74 Å². The van der Waals surface area contributed by atoms with Crippen LogP contribution in [-0.2, 0) is 35.5 Å². The molecule has 2 aromatic carbocycles. The van der Waals surface area contributed by atoms with E-state index in [1.165, 1.54) is 0 Å². The highest BCUT2D eigenvalue weighted by Gasteiger charge is 2.22. The molecule has 0 aliphatic carbocycles. The number of piperazine rings is 1. The molecule has 9 heteroatoms. The lowest BCUT2D eigenvalue weighted by Gasteiger charge is -2.34. The van der Waals surface area contributed by atoms with Crippen LogP contribution in [0.25, 0.3) is 0 Å². The van der Waals surface area contributed by atoms with Crippen molar-refractivity contribution in [3.05, 3.63) is 77.4 Å². The maximum atomic E-state index is 12.7. The van der Waals surface area contributed by atoms with Crippen molar-refractivity contribution in [2.75, 3.05) is 40.3 Å². The molecule has 2 heterocycles. The minimum atomic E-state index is 0.0383. The summed E-state index contributed by atoms with van der Waals surface area (Å²) in [7, 11) is 3.45. The van der Waals surface area contributed by atoms with Gasteiger partial charge in [-0.2, -0.15) is 4.98 Å². The van der Waals surface area contributed by atoms with Crippen LogP contribution >= 0.6 is 0 Å². The van der Waals surface area contributed by atoms with E-state index in [1.54, 1.807) is 19.1 Å². The van der Waals surface area contributed by atoms with Crippen molar-refractivity contribution >= 4 is 11.8 Å². The molecule has 37 heavy (non-hydrogen) atoms. The lowest BCUT2D eigenvalue weighted by molar-refractivity contribution is -0.133. The average Bonchev–Trinajstić information content (AvgIpc) is 3.38. The van der Waals surface area contributed by atoms with Gasteiger partial charge in [0.15, 0.2) is 5.82 Å². The zero-order valence-electron chi connectivity index (χ0n) is 21.6. The number of aryl methyl sites for hydroxylation is 2. The van der Waals surface area contributed by atoms with Crippen LogP contribution in [0.2, 0.25) is 0 Å². The van der Waals surface area contributed by atoms with Gasteiger partial charge in [-0.1, -0.05) is 47.6 Å². The summed E-state index contributed by atoms with van der Waals surface area (Å²) in [5.74, 6) is 2.12. The third-order valence-corrected chi connectivity index (χ3v) is 6.63. The Hall–Kier alpha value is -3.72. The topological polar surface area (TPSA) is 92.0 Å². The van der Waals surface area contributed by atoms with E-state index in [0.717, 1.165) is 36.4 Å². The zero-order valence-corrected chi connectivity index (χ0v) is 21.6. The number of carbonyl (C=O) groups is 2. The molecule has 0 saturated carbocycles. The summed E-state index contributed by atoms with van der Waals surface area (Å²) in [4.78, 5) is 35.5. The first-order valence-corrected chi connectivity index (χ1v) is 12.7. The monoisotopic (exact) mass is 505 g/mol. The third kappa shape index (κ3) is 7.88. The SMILES string of the molecule is COc1ccc(CCC(=O)N2CCN(Cc3noc(CCC(=O)N(C)Cc4ccccc4)n3)CC2)cc1. The second-order valence-corrected chi connectivity index (χ2v) is 9.34. The average molecular weight is 506 g/mol. The molecule has 9 nitrogen and oxygen atoms in total. The fourth-order valence-corrected chi connectivity index (χ4v) is 4.36. The van der Waals surface area contributed by atoms with Crippen LogP contribution in [0.3, 0.4) is 0 Å². The lowest BCUT2D eigenvalue weighted by Crippen LogP contribution is -2.48. The van der Waals surface area contributed by atoms with Crippen molar-refractivity contribution in [1.29, 1.82) is 0 Å². The Morgan fingerprint density at radius 3 is 2.38 bits per heavy atom. The number of amides is 2. The standard InChI is InChI=1S/C28H35N5O4/c1-31(20-23-6-4-3-5-7-23)27(34)15-13-26-29-25(30-37-26)21-32-16-18-33(19-17-32)28(35)14-10-22-8-11-24(36-2)12-9-22/h3-9,11-12H,10,13-21H2,1-2H3. The molecular weight excluding hydrogens is 470 g/mol. The Bertz CT molecular complexity index is 1140. The molecule has 2 amide bonds. The molecule has 1 saturated heterocycles. The van der Waals surface area contributed by atoms with Crippen LogP contribution in [0.4, 0.5) is 0 Å². The van der Waals surface area contributed by atoms with E-state index in [0.29, 0.717) is 57.2 Å². The summed E-state index contributed by atoms with van der Waals surface area (Å²) in [5, 5.41) is 4.09. The molecule has 4 rings (SSSR count). The molecule has 1 fully saturated rings. The van der Waals surface area contributed by atoms with Crippen molar-refractivity contribution in [2.24, 2.45) is 0 Å². The van der Waals surface area contributed by atoms with Gasteiger partial charge in [-0.15, -0.1) is 0 Å². The molecule has 196 valence electrons. The van der Waals surface area contributed by atoms with Crippen LogP contribution in [0.1, 0.15) is 35.7 Å². The maximum Gasteiger partial charge on any atom is 0.227 e. The number of methoxy groups -OCH3 is 1. The minimum absolute atomic E-state index is 0.0383. The van der Waals surface area contributed by atoms with Crippen molar-refractivity contribution < 1.29 is 18.8 Å². The summed E-state index contributed by atoms with van der Waals surface area (Å²) >= 11 is 0. The Morgan fingerprint density at radius 1 is 0.946 bits per heavy atom. The summed E-state index contributed by atoms with van der Waals surface area (Å²) in [6.07, 6.45) is 1.96. The van der Waals surface area contributed by atoms with Crippen LogP contribution in [0, 0.1) is 0 Å². The van der Waals surface area contributed by atoms with E-state index >= 15 is 0 Å². The number of aromatic nitrogens is 2. The summed E-state index contributed by atoms with van der Waals surface area (Å²) in [6, 6.07) is 17.8. The van der Waals surface area contributed by atoms with Crippen LogP contribution in [0.15, 0.2) is 59.1 Å². The Labute approximate surface area is 218 Å². The van der Waals surface area contributed by atoms with Gasteiger partial charge in [0.25, 0.3) is 0 Å². The molecule has 0 unspecified atom stereocenters. The maximum absolute atomic E-state index is 12.7. The van der Waals surface area contributed by atoms with Gasteiger partial charge in [-0.25, -0.2) is 0 Å². The number of carbonyl (C=O) groups excluding carboxylic acids is 2. The first-order valence-electron chi connectivity index (χ1n) is 12.7. The summed E-state index contributed by atoms with van der Waals surface area (Å²) < 4.78 is 10.6. The van der Waals surface area contributed by atoms with Gasteiger partial charge in [-0.05, 0) is 29.7 Å². The third-order valence-electron chi connectivity index (χ3n) is 6.63. The van der Waals surface area contributed by atoms with E-state index in [4.69, 9.17) is 9.26 Å². The first-order chi connectivity index (χ1) is 18.0. The molecule has 0 bridgehead atoms. The highest BCUT2D eigenvalue weighted by molar-refractivity contribution is 5.76. The van der Waals surface area contributed by atoms with Gasteiger partial charge in [0.1, 0.15) is 5.75 Å². The van der Waals surface area contributed by atoms with E-state index in [-0.39, 0.29) is 11.8 Å². The van der Waals surface area contributed by atoms with Crippen LogP contribution in [0.5, 0.6) is 5.75 Å². The van der Waals surface area contributed by atoms with Gasteiger partial charge >= 0.3 is 0 Å². The molecule has 0 radical (unpaired) electrons. The quantitative estimate of drug-likeness (QED) is 0.396. The van der Waals surface area contributed by atoms with E-state index in [1.807, 2.05) is 59.5 Å². The molecule has 0 spiro atoms. The highest BCUT2D eigenvalue weighted by Crippen LogP contribution is 2.14.